The predicted octanol–water partition coefficient (Wildman–Crippen LogP) is 1.69. The molecule has 1 heterocycles. The van der Waals surface area contributed by atoms with Crippen molar-refractivity contribution in [2.24, 2.45) is 5.41 Å². The van der Waals surface area contributed by atoms with Gasteiger partial charge in [0, 0.05) is 0 Å². The predicted molar refractivity (Wildman–Crippen MR) is 61.7 cm³/mol. The molecular weight excluding hydrogens is 204 g/mol. The molecule has 0 aliphatic carbocycles. The van der Waals surface area contributed by atoms with Gasteiger partial charge < -0.3 is 14.6 Å². The van der Waals surface area contributed by atoms with Crippen molar-refractivity contribution in [3.63, 3.8) is 0 Å². The Bertz CT molecular complexity index is 364. The normalized spacial score (nSPS) is 17.9. The summed E-state index contributed by atoms with van der Waals surface area (Å²) in [7, 11) is 0. The summed E-state index contributed by atoms with van der Waals surface area (Å²) in [5.74, 6) is 0.903. The first-order valence-corrected chi connectivity index (χ1v) is 5.54. The number of hydrogen-bond acceptors (Lipinski definition) is 3. The van der Waals surface area contributed by atoms with Crippen molar-refractivity contribution in [2.75, 3.05) is 26.4 Å². The van der Waals surface area contributed by atoms with Crippen LogP contribution in [-0.2, 0) is 4.74 Å². The first-order chi connectivity index (χ1) is 7.67. The van der Waals surface area contributed by atoms with Crippen LogP contribution in [0, 0.1) is 19.3 Å². The molecule has 16 heavy (non-hydrogen) atoms. The Morgan fingerprint density at radius 3 is 2.69 bits per heavy atom. The largest absolute Gasteiger partial charge is 0.492 e. The van der Waals surface area contributed by atoms with Gasteiger partial charge in [-0.05, 0) is 31.0 Å². The van der Waals surface area contributed by atoms with Crippen LogP contribution in [0.25, 0.3) is 0 Å². The van der Waals surface area contributed by atoms with Crippen LogP contribution in [0.1, 0.15) is 11.1 Å². The lowest BCUT2D eigenvalue weighted by Gasteiger charge is -2.39. The van der Waals surface area contributed by atoms with E-state index in [1.54, 1.807) is 0 Å². The van der Waals surface area contributed by atoms with Crippen molar-refractivity contribution in [2.45, 2.75) is 13.8 Å². The quantitative estimate of drug-likeness (QED) is 0.842. The number of aliphatic hydroxyl groups excluding tert-OH is 1. The van der Waals surface area contributed by atoms with E-state index in [-0.39, 0.29) is 12.0 Å². The Morgan fingerprint density at radius 1 is 1.38 bits per heavy atom. The number of ether oxygens (including phenoxy) is 2. The average Bonchev–Trinajstić information content (AvgIpc) is 2.23. The zero-order valence-electron chi connectivity index (χ0n) is 9.82. The molecule has 1 aliphatic rings. The molecule has 1 aliphatic heterocycles. The van der Waals surface area contributed by atoms with Gasteiger partial charge in [-0.25, -0.2) is 0 Å². The summed E-state index contributed by atoms with van der Waals surface area (Å²) < 4.78 is 10.9. The number of rotatable bonds is 4. The number of aliphatic hydroxyl groups is 1. The SMILES string of the molecule is Cc1cccc(OCC2(CO)COC2)c1C. The fourth-order valence-corrected chi connectivity index (χ4v) is 1.72. The zero-order valence-corrected chi connectivity index (χ0v) is 9.82. The minimum absolute atomic E-state index is 0.123. The molecule has 1 N–H and O–H groups in total. The van der Waals surface area contributed by atoms with E-state index < -0.39 is 0 Å². The second-order valence-corrected chi connectivity index (χ2v) is 4.64. The van der Waals surface area contributed by atoms with Crippen LogP contribution in [0.3, 0.4) is 0 Å². The average molecular weight is 222 g/mol. The van der Waals surface area contributed by atoms with Crippen LogP contribution in [0.5, 0.6) is 5.75 Å². The summed E-state index contributed by atoms with van der Waals surface area (Å²) in [5.41, 5.74) is 2.20. The standard InChI is InChI=1S/C13H18O3/c1-10-4-3-5-12(11(10)2)16-9-13(6-14)7-15-8-13/h3-5,14H,6-9H2,1-2H3. The van der Waals surface area contributed by atoms with E-state index in [1.165, 1.54) is 5.56 Å². The van der Waals surface area contributed by atoms with Crippen LogP contribution in [0.4, 0.5) is 0 Å². The maximum absolute atomic E-state index is 9.28. The summed E-state index contributed by atoms with van der Waals surface area (Å²) in [4.78, 5) is 0. The second-order valence-electron chi connectivity index (χ2n) is 4.64. The van der Waals surface area contributed by atoms with Crippen molar-refractivity contribution < 1.29 is 14.6 Å². The molecule has 1 saturated heterocycles. The molecule has 3 heteroatoms. The molecule has 0 atom stereocenters. The van der Waals surface area contributed by atoms with Gasteiger partial charge in [0.1, 0.15) is 12.4 Å². The third kappa shape index (κ3) is 2.06. The highest BCUT2D eigenvalue weighted by Crippen LogP contribution is 2.29. The van der Waals surface area contributed by atoms with E-state index in [0.29, 0.717) is 19.8 Å². The van der Waals surface area contributed by atoms with Gasteiger partial charge in [-0.3, -0.25) is 0 Å². The van der Waals surface area contributed by atoms with Gasteiger partial charge >= 0.3 is 0 Å². The molecule has 0 bridgehead atoms. The lowest BCUT2D eigenvalue weighted by Crippen LogP contribution is -2.49. The molecule has 0 spiro atoms. The minimum Gasteiger partial charge on any atom is -0.492 e. The molecule has 1 aromatic rings. The Kier molecular flexibility index (Phi) is 3.17. The summed E-state index contributed by atoms with van der Waals surface area (Å²) in [6.45, 7) is 5.94. The molecule has 0 aromatic heterocycles. The van der Waals surface area contributed by atoms with Gasteiger partial charge in [0.15, 0.2) is 0 Å². The van der Waals surface area contributed by atoms with Crippen LogP contribution in [-0.4, -0.2) is 31.5 Å². The summed E-state index contributed by atoms with van der Waals surface area (Å²) in [5, 5.41) is 9.28. The van der Waals surface area contributed by atoms with Crippen molar-refractivity contribution in [3.05, 3.63) is 29.3 Å². The molecular formula is C13H18O3. The molecule has 1 aromatic carbocycles. The summed E-state index contributed by atoms with van der Waals surface area (Å²) in [6, 6.07) is 6.02. The smallest absolute Gasteiger partial charge is 0.122 e. The molecule has 3 nitrogen and oxygen atoms in total. The van der Waals surface area contributed by atoms with Gasteiger partial charge in [0.2, 0.25) is 0 Å². The summed E-state index contributed by atoms with van der Waals surface area (Å²) in [6.07, 6.45) is 0. The lowest BCUT2D eigenvalue weighted by atomic mass is 9.88. The van der Waals surface area contributed by atoms with Gasteiger partial charge in [-0.15, -0.1) is 0 Å². The van der Waals surface area contributed by atoms with Crippen molar-refractivity contribution in [3.8, 4) is 5.75 Å². The van der Waals surface area contributed by atoms with E-state index in [4.69, 9.17) is 9.47 Å². The van der Waals surface area contributed by atoms with Gasteiger partial charge in [-0.2, -0.15) is 0 Å². The second kappa shape index (κ2) is 4.44. The third-order valence-electron chi connectivity index (χ3n) is 3.24. The van der Waals surface area contributed by atoms with Crippen molar-refractivity contribution >= 4 is 0 Å². The molecule has 2 rings (SSSR count). The van der Waals surface area contributed by atoms with Crippen molar-refractivity contribution in [1.82, 2.24) is 0 Å². The number of aryl methyl sites for hydroxylation is 1. The van der Waals surface area contributed by atoms with Gasteiger partial charge in [0.25, 0.3) is 0 Å². The summed E-state index contributed by atoms with van der Waals surface area (Å²) >= 11 is 0. The Hall–Kier alpha value is -1.06. The minimum atomic E-state index is -0.184. The van der Waals surface area contributed by atoms with Crippen LogP contribution in [0.2, 0.25) is 0 Å². The molecule has 0 saturated carbocycles. The van der Waals surface area contributed by atoms with Crippen molar-refractivity contribution in [1.29, 1.82) is 0 Å². The van der Waals surface area contributed by atoms with Crippen LogP contribution >= 0.6 is 0 Å². The number of benzene rings is 1. The lowest BCUT2D eigenvalue weighted by molar-refractivity contribution is -0.153. The fourth-order valence-electron chi connectivity index (χ4n) is 1.72. The third-order valence-corrected chi connectivity index (χ3v) is 3.24. The Morgan fingerprint density at radius 2 is 2.12 bits per heavy atom. The maximum atomic E-state index is 9.28. The van der Waals surface area contributed by atoms with E-state index in [1.807, 2.05) is 19.1 Å². The Balaban J connectivity index is 2.02. The maximum Gasteiger partial charge on any atom is 0.122 e. The van der Waals surface area contributed by atoms with Gasteiger partial charge in [0.05, 0.1) is 25.2 Å². The molecule has 0 unspecified atom stereocenters. The van der Waals surface area contributed by atoms with E-state index in [2.05, 4.69) is 13.0 Å². The topological polar surface area (TPSA) is 38.7 Å². The van der Waals surface area contributed by atoms with Crippen LogP contribution in [0.15, 0.2) is 18.2 Å². The van der Waals surface area contributed by atoms with E-state index in [9.17, 15) is 5.11 Å². The number of hydrogen-bond donors (Lipinski definition) is 1. The molecule has 0 amide bonds. The van der Waals surface area contributed by atoms with Crippen LogP contribution < -0.4 is 4.74 Å². The zero-order chi connectivity index (χ0) is 11.6. The fraction of sp³-hybridized carbons (Fsp3) is 0.538. The Labute approximate surface area is 96.0 Å². The molecule has 1 fully saturated rings. The van der Waals surface area contributed by atoms with E-state index in [0.717, 1.165) is 11.3 Å². The monoisotopic (exact) mass is 222 g/mol. The van der Waals surface area contributed by atoms with E-state index >= 15 is 0 Å². The molecule has 0 radical (unpaired) electrons. The van der Waals surface area contributed by atoms with Gasteiger partial charge in [-0.1, -0.05) is 12.1 Å². The highest BCUT2D eigenvalue weighted by atomic mass is 16.5. The first kappa shape index (κ1) is 11.4. The molecule has 88 valence electrons. The first-order valence-electron chi connectivity index (χ1n) is 5.54. The highest BCUT2D eigenvalue weighted by molar-refractivity contribution is 5.38. The highest BCUT2D eigenvalue weighted by Gasteiger charge is 2.39.